The molecule has 0 atom stereocenters. The highest BCUT2D eigenvalue weighted by molar-refractivity contribution is 5.46. The lowest BCUT2D eigenvalue weighted by Gasteiger charge is -2.35. The van der Waals surface area contributed by atoms with Gasteiger partial charge in [0.2, 0.25) is 6.79 Å². The topological polar surface area (TPSA) is 46.2 Å². The summed E-state index contributed by atoms with van der Waals surface area (Å²) in [4.78, 5) is 0. The van der Waals surface area contributed by atoms with Gasteiger partial charge in [-0.15, -0.1) is 0 Å². The van der Waals surface area contributed by atoms with Crippen molar-refractivity contribution in [3.05, 3.63) is 18.2 Å². The smallest absolute Gasteiger partial charge is 0.231 e. The molecule has 1 spiro atoms. The zero-order valence-corrected chi connectivity index (χ0v) is 11.3. The fourth-order valence-corrected chi connectivity index (χ4v) is 3.08. The third-order valence-corrected chi connectivity index (χ3v) is 4.15. The zero-order chi connectivity index (χ0) is 13.4. The van der Waals surface area contributed by atoms with Gasteiger partial charge in [-0.05, 0) is 25.0 Å². The minimum atomic E-state index is -0.325. The van der Waals surface area contributed by atoms with Gasteiger partial charge < -0.3 is 23.7 Å². The Bertz CT molecular complexity index is 485. The molecule has 1 saturated heterocycles. The molecule has 1 aliphatic carbocycles. The molecule has 0 amide bonds. The molecule has 108 valence electrons. The van der Waals surface area contributed by atoms with E-state index in [9.17, 15) is 0 Å². The average Bonchev–Trinajstić information content (AvgIpc) is 3.11. The summed E-state index contributed by atoms with van der Waals surface area (Å²) in [6.45, 7) is 1.72. The fourth-order valence-electron chi connectivity index (χ4n) is 3.08. The SMILES string of the molecule is c1cc2c(cc1OC1CCC3(CC1)OCCO3)OCO2. The molecule has 1 aromatic carbocycles. The summed E-state index contributed by atoms with van der Waals surface area (Å²) in [7, 11) is 0. The number of hydrogen-bond donors (Lipinski definition) is 0. The van der Waals surface area contributed by atoms with Crippen LogP contribution in [0.25, 0.3) is 0 Å². The van der Waals surface area contributed by atoms with Crippen LogP contribution in [0.5, 0.6) is 17.2 Å². The molecular weight excluding hydrogens is 260 g/mol. The van der Waals surface area contributed by atoms with Gasteiger partial charge in [0.15, 0.2) is 17.3 Å². The molecule has 20 heavy (non-hydrogen) atoms. The van der Waals surface area contributed by atoms with E-state index < -0.39 is 0 Å². The molecule has 0 bridgehead atoms. The van der Waals surface area contributed by atoms with Gasteiger partial charge in [-0.3, -0.25) is 0 Å². The Balaban J connectivity index is 1.38. The van der Waals surface area contributed by atoms with Crippen molar-refractivity contribution in [1.82, 2.24) is 0 Å². The van der Waals surface area contributed by atoms with Gasteiger partial charge in [-0.25, -0.2) is 0 Å². The molecule has 0 aromatic heterocycles. The lowest BCUT2D eigenvalue weighted by Crippen LogP contribution is -2.38. The summed E-state index contributed by atoms with van der Waals surface area (Å²) in [5.41, 5.74) is 0. The predicted molar refractivity (Wildman–Crippen MR) is 70.1 cm³/mol. The third-order valence-electron chi connectivity index (χ3n) is 4.15. The minimum absolute atomic E-state index is 0.216. The number of ether oxygens (including phenoxy) is 5. The first kappa shape index (κ1) is 12.3. The van der Waals surface area contributed by atoms with Crippen LogP contribution < -0.4 is 14.2 Å². The summed E-state index contributed by atoms with van der Waals surface area (Å²) in [6, 6.07) is 5.72. The summed E-state index contributed by atoms with van der Waals surface area (Å²) >= 11 is 0. The third kappa shape index (κ3) is 2.21. The molecule has 1 aromatic rings. The van der Waals surface area contributed by atoms with Gasteiger partial charge in [0.05, 0.1) is 19.3 Å². The van der Waals surface area contributed by atoms with E-state index in [0.717, 1.165) is 42.9 Å². The Labute approximate surface area is 117 Å². The summed E-state index contributed by atoms with van der Waals surface area (Å²) in [5, 5.41) is 0. The van der Waals surface area contributed by atoms with E-state index >= 15 is 0 Å². The number of fused-ring (bicyclic) bond motifs is 1. The van der Waals surface area contributed by atoms with Crippen molar-refractivity contribution in [2.75, 3.05) is 20.0 Å². The van der Waals surface area contributed by atoms with Gasteiger partial charge in [0.1, 0.15) is 5.75 Å². The quantitative estimate of drug-likeness (QED) is 0.831. The van der Waals surface area contributed by atoms with E-state index in [4.69, 9.17) is 23.7 Å². The molecule has 0 N–H and O–H groups in total. The van der Waals surface area contributed by atoms with E-state index in [-0.39, 0.29) is 11.9 Å². The normalized spacial score (nSPS) is 24.2. The van der Waals surface area contributed by atoms with Crippen LogP contribution in [0.4, 0.5) is 0 Å². The first-order valence-corrected chi connectivity index (χ1v) is 7.17. The first-order valence-electron chi connectivity index (χ1n) is 7.17. The number of hydrogen-bond acceptors (Lipinski definition) is 5. The standard InChI is InChI=1S/C15H18O5/c1-2-13-14(17-10-16-13)9-12(1)20-11-3-5-15(6-4-11)18-7-8-19-15/h1-2,9,11H,3-8,10H2. The van der Waals surface area contributed by atoms with Crippen molar-refractivity contribution in [3.8, 4) is 17.2 Å². The van der Waals surface area contributed by atoms with Crippen LogP contribution in [0.1, 0.15) is 25.7 Å². The lowest BCUT2D eigenvalue weighted by atomic mass is 9.92. The van der Waals surface area contributed by atoms with E-state index in [0.29, 0.717) is 20.0 Å². The molecule has 0 unspecified atom stereocenters. The van der Waals surface area contributed by atoms with Crippen LogP contribution >= 0.6 is 0 Å². The summed E-state index contributed by atoms with van der Waals surface area (Å²) < 4.78 is 28.1. The Hall–Kier alpha value is -1.46. The highest BCUT2D eigenvalue weighted by atomic mass is 16.7. The fraction of sp³-hybridized carbons (Fsp3) is 0.600. The van der Waals surface area contributed by atoms with Crippen LogP contribution in [0, 0.1) is 0 Å². The van der Waals surface area contributed by atoms with Gasteiger partial charge in [-0.1, -0.05) is 0 Å². The van der Waals surface area contributed by atoms with Crippen LogP contribution in [0.15, 0.2) is 18.2 Å². The Morgan fingerprint density at radius 1 is 1.00 bits per heavy atom. The minimum Gasteiger partial charge on any atom is -0.490 e. The Morgan fingerprint density at radius 3 is 2.55 bits per heavy atom. The molecule has 0 radical (unpaired) electrons. The second kappa shape index (κ2) is 4.82. The summed E-state index contributed by atoms with van der Waals surface area (Å²) in [5.74, 6) is 2.06. The molecule has 2 heterocycles. The van der Waals surface area contributed by atoms with Crippen LogP contribution in [-0.2, 0) is 9.47 Å². The van der Waals surface area contributed by atoms with Crippen LogP contribution in [-0.4, -0.2) is 31.9 Å². The maximum Gasteiger partial charge on any atom is 0.231 e. The van der Waals surface area contributed by atoms with Crippen molar-refractivity contribution < 1.29 is 23.7 Å². The second-order valence-electron chi connectivity index (χ2n) is 5.44. The van der Waals surface area contributed by atoms with E-state index in [2.05, 4.69) is 0 Å². The van der Waals surface area contributed by atoms with Crippen molar-refractivity contribution in [1.29, 1.82) is 0 Å². The molecule has 5 heteroatoms. The zero-order valence-electron chi connectivity index (χ0n) is 11.3. The van der Waals surface area contributed by atoms with Gasteiger partial charge in [0, 0.05) is 18.9 Å². The van der Waals surface area contributed by atoms with Gasteiger partial charge >= 0.3 is 0 Å². The van der Waals surface area contributed by atoms with Gasteiger partial charge in [0.25, 0.3) is 0 Å². The number of benzene rings is 1. The van der Waals surface area contributed by atoms with Crippen LogP contribution in [0.2, 0.25) is 0 Å². The van der Waals surface area contributed by atoms with Crippen molar-refractivity contribution in [2.24, 2.45) is 0 Å². The van der Waals surface area contributed by atoms with Crippen LogP contribution in [0.3, 0.4) is 0 Å². The molecule has 4 rings (SSSR count). The van der Waals surface area contributed by atoms with Crippen molar-refractivity contribution in [2.45, 2.75) is 37.6 Å². The average molecular weight is 278 g/mol. The monoisotopic (exact) mass is 278 g/mol. The maximum atomic E-state index is 6.04. The maximum absolute atomic E-state index is 6.04. The van der Waals surface area contributed by atoms with E-state index in [1.807, 2.05) is 18.2 Å². The summed E-state index contributed by atoms with van der Waals surface area (Å²) in [6.07, 6.45) is 3.93. The van der Waals surface area contributed by atoms with Gasteiger partial charge in [-0.2, -0.15) is 0 Å². The Morgan fingerprint density at radius 2 is 1.75 bits per heavy atom. The molecule has 3 aliphatic rings. The second-order valence-corrected chi connectivity index (χ2v) is 5.44. The molecule has 2 fully saturated rings. The van der Waals surface area contributed by atoms with Crippen molar-refractivity contribution in [3.63, 3.8) is 0 Å². The highest BCUT2D eigenvalue weighted by Crippen LogP contribution is 2.39. The first-order chi connectivity index (χ1) is 9.83. The van der Waals surface area contributed by atoms with E-state index in [1.165, 1.54) is 0 Å². The molecule has 2 aliphatic heterocycles. The molecular formula is C15H18O5. The Kier molecular flexibility index (Phi) is 2.97. The predicted octanol–water partition coefficient (Wildman–Crippen LogP) is 2.48. The highest BCUT2D eigenvalue weighted by Gasteiger charge is 2.40. The van der Waals surface area contributed by atoms with Crippen molar-refractivity contribution >= 4 is 0 Å². The molecule has 1 saturated carbocycles. The number of rotatable bonds is 2. The lowest BCUT2D eigenvalue weighted by molar-refractivity contribution is -0.186. The largest absolute Gasteiger partial charge is 0.490 e. The molecule has 5 nitrogen and oxygen atoms in total. The van der Waals surface area contributed by atoms with E-state index in [1.54, 1.807) is 0 Å².